The van der Waals surface area contributed by atoms with Gasteiger partial charge in [-0.2, -0.15) is 5.10 Å². The molecule has 2 aliphatic rings. The topological polar surface area (TPSA) is 45.8 Å². The van der Waals surface area contributed by atoms with Gasteiger partial charge in [0.05, 0.1) is 29.5 Å². The molecule has 0 N–H and O–H groups in total. The fourth-order valence-corrected chi connectivity index (χ4v) is 4.78. The average molecular weight is 514 g/mol. The van der Waals surface area contributed by atoms with Gasteiger partial charge in [0.25, 0.3) is 0 Å². The zero-order chi connectivity index (χ0) is 26.1. The van der Waals surface area contributed by atoms with Gasteiger partial charge in [-0.1, -0.05) is 49.6 Å². The SMILES string of the molecule is C=C/C=C(\C=C/N(C)C(C1=CC(F)=C(Cl)CC1)c1cnn(C)c1)C(=NC1CCCCC1)/C(F)=C\N=C. The molecule has 1 saturated carbocycles. The van der Waals surface area contributed by atoms with Gasteiger partial charge in [-0.15, -0.1) is 0 Å². The van der Waals surface area contributed by atoms with Crippen molar-refractivity contribution in [2.75, 3.05) is 7.05 Å². The van der Waals surface area contributed by atoms with Crippen LogP contribution in [0.2, 0.25) is 0 Å². The number of nitrogens with zero attached hydrogens (tertiary/aromatic N) is 5. The molecule has 1 aromatic heterocycles. The largest absolute Gasteiger partial charge is 0.370 e. The summed E-state index contributed by atoms with van der Waals surface area (Å²) in [4.78, 5) is 10.3. The Morgan fingerprint density at radius 1 is 1.31 bits per heavy atom. The van der Waals surface area contributed by atoms with Crippen LogP contribution in [0.5, 0.6) is 0 Å². The maximum absolute atomic E-state index is 15.1. The summed E-state index contributed by atoms with van der Waals surface area (Å²) >= 11 is 6.01. The van der Waals surface area contributed by atoms with E-state index in [4.69, 9.17) is 16.6 Å². The predicted octanol–water partition coefficient (Wildman–Crippen LogP) is 7.44. The lowest BCUT2D eigenvalue weighted by atomic mass is 9.92. The predicted molar refractivity (Wildman–Crippen MR) is 145 cm³/mol. The van der Waals surface area contributed by atoms with Crippen molar-refractivity contribution in [3.05, 3.63) is 89.1 Å². The molecule has 3 rings (SSSR count). The van der Waals surface area contributed by atoms with Gasteiger partial charge < -0.3 is 4.90 Å². The summed E-state index contributed by atoms with van der Waals surface area (Å²) in [6, 6.07) is -0.212. The fraction of sp³-hybridized carbons (Fsp3) is 0.393. The highest BCUT2D eigenvalue weighted by atomic mass is 35.5. The van der Waals surface area contributed by atoms with Crippen LogP contribution in [0.15, 0.2) is 93.5 Å². The summed E-state index contributed by atoms with van der Waals surface area (Å²) < 4.78 is 31.2. The fourth-order valence-electron chi connectivity index (χ4n) is 4.63. The normalized spacial score (nSPS) is 19.5. The van der Waals surface area contributed by atoms with E-state index in [1.54, 1.807) is 29.1 Å². The minimum absolute atomic E-state index is 0.0621. The lowest BCUT2D eigenvalue weighted by Gasteiger charge is -2.30. The molecule has 0 aromatic carbocycles. The molecule has 0 saturated heterocycles. The lowest BCUT2D eigenvalue weighted by molar-refractivity contribution is 0.368. The van der Waals surface area contributed by atoms with E-state index < -0.39 is 11.7 Å². The Morgan fingerprint density at radius 3 is 2.67 bits per heavy atom. The van der Waals surface area contributed by atoms with Crippen LogP contribution in [0, 0.1) is 0 Å². The van der Waals surface area contributed by atoms with Gasteiger partial charge in [0.1, 0.15) is 11.5 Å². The van der Waals surface area contributed by atoms with Crippen LogP contribution in [-0.4, -0.2) is 40.2 Å². The molecule has 0 radical (unpaired) electrons. The molecule has 0 spiro atoms. The maximum atomic E-state index is 15.1. The van der Waals surface area contributed by atoms with Crippen molar-refractivity contribution in [3.8, 4) is 0 Å². The van der Waals surface area contributed by atoms with Gasteiger partial charge >= 0.3 is 0 Å². The first kappa shape index (κ1) is 27.5. The van der Waals surface area contributed by atoms with Crippen molar-refractivity contribution >= 4 is 24.0 Å². The van der Waals surface area contributed by atoms with Crippen molar-refractivity contribution < 1.29 is 8.78 Å². The molecule has 1 atom stereocenters. The van der Waals surface area contributed by atoms with E-state index in [1.807, 2.05) is 31.4 Å². The molecule has 1 aromatic rings. The Balaban J connectivity index is 1.97. The molecular formula is C28H34ClF2N5. The Bertz CT molecular complexity index is 1130. The number of rotatable bonds is 10. The molecule has 1 unspecified atom stereocenters. The number of halogens is 3. The molecular weight excluding hydrogens is 480 g/mol. The molecule has 1 heterocycles. The number of allylic oxidation sites excluding steroid dienone is 8. The average Bonchev–Trinajstić information content (AvgIpc) is 3.29. The van der Waals surface area contributed by atoms with Crippen molar-refractivity contribution in [2.45, 2.75) is 57.0 Å². The second kappa shape index (κ2) is 13.3. The molecule has 0 aliphatic heterocycles. The van der Waals surface area contributed by atoms with Gasteiger partial charge in [0, 0.05) is 37.6 Å². The molecule has 1 fully saturated rings. The van der Waals surface area contributed by atoms with Gasteiger partial charge in [0.2, 0.25) is 0 Å². The van der Waals surface area contributed by atoms with E-state index in [9.17, 15) is 4.39 Å². The third-order valence-electron chi connectivity index (χ3n) is 6.38. The van der Waals surface area contributed by atoms with E-state index in [1.165, 1.54) is 12.5 Å². The lowest BCUT2D eigenvalue weighted by Crippen LogP contribution is -2.22. The summed E-state index contributed by atoms with van der Waals surface area (Å²) in [7, 11) is 3.73. The van der Waals surface area contributed by atoms with Gasteiger partial charge in [-0.3, -0.25) is 14.7 Å². The molecule has 36 heavy (non-hydrogen) atoms. The molecule has 5 nitrogen and oxygen atoms in total. The van der Waals surface area contributed by atoms with E-state index in [0.29, 0.717) is 18.4 Å². The minimum Gasteiger partial charge on any atom is -0.370 e. The van der Waals surface area contributed by atoms with Crippen molar-refractivity contribution in [1.29, 1.82) is 0 Å². The van der Waals surface area contributed by atoms with Crippen LogP contribution in [0.25, 0.3) is 0 Å². The Hall–Kier alpha value is -3.06. The van der Waals surface area contributed by atoms with Crippen molar-refractivity contribution in [3.63, 3.8) is 0 Å². The quantitative estimate of drug-likeness (QED) is 0.241. The number of hydrogen-bond donors (Lipinski definition) is 0. The van der Waals surface area contributed by atoms with E-state index >= 15 is 4.39 Å². The second-order valence-electron chi connectivity index (χ2n) is 9.09. The zero-order valence-corrected chi connectivity index (χ0v) is 21.8. The van der Waals surface area contributed by atoms with Crippen LogP contribution in [0.3, 0.4) is 0 Å². The van der Waals surface area contributed by atoms with Gasteiger partial charge in [-0.25, -0.2) is 8.78 Å². The van der Waals surface area contributed by atoms with Gasteiger partial charge in [0.15, 0.2) is 5.83 Å². The second-order valence-corrected chi connectivity index (χ2v) is 9.55. The number of aliphatic imine (C=N–C) groups is 2. The number of likely N-dealkylation sites (N-methyl/N-ethyl adjacent to an activating group) is 1. The van der Waals surface area contributed by atoms with Gasteiger partial charge in [-0.05, 0) is 50.1 Å². The molecule has 0 amide bonds. The smallest absolute Gasteiger partial charge is 0.167 e. The van der Waals surface area contributed by atoms with Crippen LogP contribution >= 0.6 is 11.6 Å². The monoisotopic (exact) mass is 513 g/mol. The van der Waals surface area contributed by atoms with Crippen LogP contribution in [0.1, 0.15) is 56.6 Å². The first-order valence-corrected chi connectivity index (χ1v) is 12.6. The zero-order valence-electron chi connectivity index (χ0n) is 21.0. The molecule has 8 heteroatoms. The van der Waals surface area contributed by atoms with Crippen molar-refractivity contribution in [1.82, 2.24) is 14.7 Å². The summed E-state index contributed by atoms with van der Waals surface area (Å²) in [6.07, 6.45) is 19.5. The standard InChI is InChI=1S/C28H34ClF2N5/c1-5-9-20(27(26(31)18-32-2)34-23-10-7-6-8-11-23)14-15-35(3)28(22-17-33-36(4)19-22)21-12-13-24(29)25(30)16-21/h5,9,14-19,23,28H,1-2,6-8,10-13H2,3-4H3/b15-14-,20-9+,26-18+,34-27?. The first-order valence-electron chi connectivity index (χ1n) is 12.2. The highest BCUT2D eigenvalue weighted by Gasteiger charge is 2.25. The minimum atomic E-state index is -0.545. The van der Waals surface area contributed by atoms with E-state index in [2.05, 4.69) is 23.4 Å². The van der Waals surface area contributed by atoms with E-state index in [0.717, 1.165) is 43.0 Å². The first-order chi connectivity index (χ1) is 17.3. The van der Waals surface area contributed by atoms with Crippen LogP contribution in [0.4, 0.5) is 8.78 Å². The molecule has 0 bridgehead atoms. The number of aryl methyl sites for hydroxylation is 1. The highest BCUT2D eigenvalue weighted by molar-refractivity contribution is 6.30. The van der Waals surface area contributed by atoms with Crippen molar-refractivity contribution in [2.24, 2.45) is 17.0 Å². The summed E-state index contributed by atoms with van der Waals surface area (Å²) in [5.74, 6) is -0.959. The third-order valence-corrected chi connectivity index (χ3v) is 6.75. The molecule has 192 valence electrons. The van der Waals surface area contributed by atoms with E-state index in [-0.39, 0.29) is 22.8 Å². The summed E-state index contributed by atoms with van der Waals surface area (Å²) in [5.41, 5.74) is 2.59. The van der Waals surface area contributed by atoms with Crippen LogP contribution in [-0.2, 0) is 7.05 Å². The Labute approximate surface area is 217 Å². The Kier molecular flexibility index (Phi) is 10.2. The maximum Gasteiger partial charge on any atom is 0.167 e. The summed E-state index contributed by atoms with van der Waals surface area (Å²) in [6.45, 7) is 7.19. The number of hydrogen-bond acceptors (Lipinski definition) is 4. The molecule has 2 aliphatic carbocycles. The van der Waals surface area contributed by atoms with Crippen LogP contribution < -0.4 is 0 Å². The third kappa shape index (κ3) is 7.23. The highest BCUT2D eigenvalue weighted by Crippen LogP contribution is 2.37. The number of aromatic nitrogens is 2. The Morgan fingerprint density at radius 2 is 2.06 bits per heavy atom. The summed E-state index contributed by atoms with van der Waals surface area (Å²) in [5, 5.41) is 4.54.